The number of aromatic nitrogens is 1. The first-order valence-electron chi connectivity index (χ1n) is 8.49. The fourth-order valence-electron chi connectivity index (χ4n) is 4.31. The minimum Gasteiger partial charge on any atom is -0.444 e. The topological polar surface area (TPSA) is 72.2 Å². The minimum atomic E-state index is -3.24. The van der Waals surface area contributed by atoms with E-state index in [2.05, 4.69) is 9.71 Å². The number of oxazole rings is 1. The van der Waals surface area contributed by atoms with Crippen molar-refractivity contribution < 1.29 is 12.8 Å². The first kappa shape index (κ1) is 15.8. The van der Waals surface area contributed by atoms with Gasteiger partial charge in [-0.1, -0.05) is 24.3 Å². The zero-order valence-electron chi connectivity index (χ0n) is 13.6. The van der Waals surface area contributed by atoms with E-state index >= 15 is 0 Å². The molecule has 0 radical (unpaired) electrons. The van der Waals surface area contributed by atoms with Crippen molar-refractivity contribution in [3.05, 3.63) is 42.4 Å². The molecule has 2 aliphatic rings. The zero-order chi connectivity index (χ0) is 16.6. The van der Waals surface area contributed by atoms with Gasteiger partial charge in [-0.3, -0.25) is 0 Å². The summed E-state index contributed by atoms with van der Waals surface area (Å²) in [6.07, 6.45) is 8.72. The first-order valence-corrected chi connectivity index (χ1v) is 10.1. The third kappa shape index (κ3) is 3.26. The Labute approximate surface area is 142 Å². The lowest BCUT2D eigenvalue weighted by molar-refractivity contribution is 0.332. The van der Waals surface area contributed by atoms with Gasteiger partial charge in [-0.25, -0.2) is 18.1 Å². The predicted octanol–water partition coefficient (Wildman–Crippen LogP) is 3.34. The van der Waals surface area contributed by atoms with E-state index < -0.39 is 10.0 Å². The van der Waals surface area contributed by atoms with E-state index in [-0.39, 0.29) is 11.2 Å². The third-order valence-corrected chi connectivity index (χ3v) is 7.13. The molecule has 2 aliphatic carbocycles. The summed E-state index contributed by atoms with van der Waals surface area (Å²) in [4.78, 5) is 3.90. The van der Waals surface area contributed by atoms with Gasteiger partial charge >= 0.3 is 0 Å². The van der Waals surface area contributed by atoms with Gasteiger partial charge in [0, 0.05) is 12.1 Å². The highest BCUT2D eigenvalue weighted by molar-refractivity contribution is 7.89. The SMILES string of the molecule is O=S(=O)(CC12CCC(CC1)C2)NCc1ccc(-c2cnco2)cc1. The molecule has 5 nitrogen and oxygen atoms in total. The number of hydrogen-bond donors (Lipinski definition) is 1. The van der Waals surface area contributed by atoms with E-state index in [9.17, 15) is 8.42 Å². The average molecular weight is 346 g/mol. The van der Waals surface area contributed by atoms with E-state index in [1.54, 1.807) is 6.20 Å². The van der Waals surface area contributed by atoms with Crippen LogP contribution in [0.25, 0.3) is 11.3 Å². The van der Waals surface area contributed by atoms with Crippen molar-refractivity contribution in [3.63, 3.8) is 0 Å². The molecular formula is C18H22N2O3S. The fraction of sp³-hybridized carbons (Fsp3) is 0.500. The molecule has 0 atom stereocenters. The fourth-order valence-corrected chi connectivity index (χ4v) is 6.01. The molecule has 1 aromatic carbocycles. The number of sulfonamides is 1. The summed E-state index contributed by atoms with van der Waals surface area (Å²) < 4.78 is 32.9. The maximum Gasteiger partial charge on any atom is 0.212 e. The highest BCUT2D eigenvalue weighted by Crippen LogP contribution is 2.54. The normalized spacial score (nSPS) is 26.1. The van der Waals surface area contributed by atoms with Gasteiger partial charge in [-0.15, -0.1) is 0 Å². The number of hydrogen-bond acceptors (Lipinski definition) is 4. The molecule has 0 aliphatic heterocycles. The highest BCUT2D eigenvalue weighted by Gasteiger charge is 2.47. The van der Waals surface area contributed by atoms with Gasteiger partial charge < -0.3 is 4.42 Å². The number of nitrogens with one attached hydrogen (secondary N) is 1. The Morgan fingerprint density at radius 2 is 1.96 bits per heavy atom. The van der Waals surface area contributed by atoms with Crippen LogP contribution in [0.2, 0.25) is 0 Å². The monoisotopic (exact) mass is 346 g/mol. The Bertz CT molecular complexity index is 789. The summed E-state index contributed by atoms with van der Waals surface area (Å²) in [7, 11) is -3.24. The molecular weight excluding hydrogens is 324 g/mol. The van der Waals surface area contributed by atoms with E-state index in [0.29, 0.717) is 12.3 Å². The number of nitrogens with zero attached hydrogens (tertiary/aromatic N) is 1. The summed E-state index contributed by atoms with van der Waals surface area (Å²) in [5.74, 6) is 1.76. The molecule has 4 rings (SSSR count). The van der Waals surface area contributed by atoms with Crippen molar-refractivity contribution >= 4 is 10.0 Å². The number of benzene rings is 1. The van der Waals surface area contributed by atoms with Crippen LogP contribution in [0.1, 0.15) is 37.7 Å². The molecule has 1 heterocycles. The van der Waals surface area contributed by atoms with Crippen LogP contribution in [0.15, 0.2) is 41.3 Å². The summed E-state index contributed by atoms with van der Waals surface area (Å²) in [6, 6.07) is 7.67. The van der Waals surface area contributed by atoms with Crippen molar-refractivity contribution in [1.82, 2.24) is 9.71 Å². The lowest BCUT2D eigenvalue weighted by atomic mass is 9.87. The van der Waals surface area contributed by atoms with Crippen LogP contribution in [0.5, 0.6) is 0 Å². The molecule has 0 amide bonds. The lowest BCUT2D eigenvalue weighted by Gasteiger charge is -2.26. The van der Waals surface area contributed by atoms with Crippen LogP contribution >= 0.6 is 0 Å². The largest absolute Gasteiger partial charge is 0.444 e. The maximum absolute atomic E-state index is 12.5. The summed E-state index contributed by atoms with van der Waals surface area (Å²) in [5.41, 5.74) is 1.92. The van der Waals surface area contributed by atoms with Gasteiger partial charge in [0.15, 0.2) is 12.2 Å². The average Bonchev–Trinajstić information content (AvgIpc) is 3.30. The van der Waals surface area contributed by atoms with E-state index in [4.69, 9.17) is 4.42 Å². The second kappa shape index (κ2) is 6.01. The highest BCUT2D eigenvalue weighted by atomic mass is 32.2. The molecule has 2 saturated carbocycles. The summed E-state index contributed by atoms with van der Waals surface area (Å²) >= 11 is 0. The van der Waals surface area contributed by atoms with Gasteiger partial charge in [-0.05, 0) is 49.0 Å². The molecule has 1 N–H and O–H groups in total. The van der Waals surface area contributed by atoms with Crippen LogP contribution in [-0.4, -0.2) is 19.2 Å². The van der Waals surface area contributed by atoms with Gasteiger partial charge in [0.25, 0.3) is 0 Å². The van der Waals surface area contributed by atoms with Gasteiger partial charge in [-0.2, -0.15) is 0 Å². The molecule has 2 aromatic rings. The second-order valence-electron chi connectivity index (χ2n) is 7.29. The quantitative estimate of drug-likeness (QED) is 0.871. The van der Waals surface area contributed by atoms with Crippen molar-refractivity contribution in [3.8, 4) is 11.3 Å². The Kier molecular flexibility index (Phi) is 3.96. The van der Waals surface area contributed by atoms with Gasteiger partial charge in [0.05, 0.1) is 11.9 Å². The molecule has 1 aromatic heterocycles. The second-order valence-corrected chi connectivity index (χ2v) is 9.10. The third-order valence-electron chi connectivity index (χ3n) is 5.55. The smallest absolute Gasteiger partial charge is 0.212 e. The van der Waals surface area contributed by atoms with Crippen LogP contribution in [-0.2, 0) is 16.6 Å². The minimum absolute atomic E-state index is 0.0483. The zero-order valence-corrected chi connectivity index (χ0v) is 14.4. The molecule has 6 heteroatoms. The molecule has 0 unspecified atom stereocenters. The van der Waals surface area contributed by atoms with Crippen molar-refractivity contribution in [2.45, 2.75) is 38.6 Å². The van der Waals surface area contributed by atoms with Crippen LogP contribution in [0, 0.1) is 11.3 Å². The Balaban J connectivity index is 1.37. The molecule has 2 bridgehead atoms. The molecule has 24 heavy (non-hydrogen) atoms. The summed E-state index contributed by atoms with van der Waals surface area (Å²) in [6.45, 7) is 0.332. The Hall–Kier alpha value is -1.66. The Morgan fingerprint density at radius 3 is 2.54 bits per heavy atom. The van der Waals surface area contributed by atoms with Crippen LogP contribution < -0.4 is 4.72 Å². The van der Waals surface area contributed by atoms with E-state index in [1.807, 2.05) is 24.3 Å². The number of rotatable bonds is 6. The van der Waals surface area contributed by atoms with E-state index in [0.717, 1.165) is 36.3 Å². The number of fused-ring (bicyclic) bond motifs is 2. The van der Waals surface area contributed by atoms with E-state index in [1.165, 1.54) is 19.2 Å². The predicted molar refractivity (Wildman–Crippen MR) is 91.6 cm³/mol. The van der Waals surface area contributed by atoms with Gasteiger partial charge in [0.2, 0.25) is 10.0 Å². The maximum atomic E-state index is 12.5. The van der Waals surface area contributed by atoms with Crippen LogP contribution in [0.3, 0.4) is 0 Å². The standard InChI is InChI=1S/C18H22N2O3S/c21-24(22,12-18-7-5-14(9-18)6-8-18)20-10-15-1-3-16(4-2-15)17-11-19-13-23-17/h1-4,11,13-14,20H,5-10,12H2. The molecule has 128 valence electrons. The first-order chi connectivity index (χ1) is 11.5. The molecule has 0 spiro atoms. The molecule has 2 fully saturated rings. The Morgan fingerprint density at radius 1 is 1.21 bits per heavy atom. The molecule has 0 saturated heterocycles. The van der Waals surface area contributed by atoms with Crippen molar-refractivity contribution in [2.75, 3.05) is 5.75 Å². The van der Waals surface area contributed by atoms with Gasteiger partial charge in [0.1, 0.15) is 0 Å². The summed E-state index contributed by atoms with van der Waals surface area (Å²) in [5, 5.41) is 0. The van der Waals surface area contributed by atoms with Crippen LogP contribution in [0.4, 0.5) is 0 Å². The van der Waals surface area contributed by atoms with Crippen molar-refractivity contribution in [1.29, 1.82) is 0 Å². The lowest BCUT2D eigenvalue weighted by Crippen LogP contribution is -2.34. The van der Waals surface area contributed by atoms with Crippen molar-refractivity contribution in [2.24, 2.45) is 11.3 Å².